The van der Waals surface area contributed by atoms with E-state index in [4.69, 9.17) is 0 Å². The lowest BCUT2D eigenvalue weighted by Crippen LogP contribution is -2.35. The second kappa shape index (κ2) is 5.89. The number of phenols is 1. The van der Waals surface area contributed by atoms with E-state index in [1.165, 1.54) is 0 Å². The number of carbonyl (C=O) groups is 1. The highest BCUT2D eigenvalue weighted by Crippen LogP contribution is 2.28. The second-order valence-electron chi connectivity index (χ2n) is 5.02. The predicted octanol–water partition coefficient (Wildman–Crippen LogP) is 2.73. The van der Waals surface area contributed by atoms with Gasteiger partial charge in [0.1, 0.15) is 5.75 Å². The van der Waals surface area contributed by atoms with Crippen LogP contribution in [0.2, 0.25) is 0 Å². The smallest absolute Gasteiger partial charge is 0.227 e. The van der Waals surface area contributed by atoms with Crippen molar-refractivity contribution in [3.8, 4) is 5.75 Å². The Bertz CT molecular complexity index is 413. The maximum atomic E-state index is 12.3. The fourth-order valence-corrected chi connectivity index (χ4v) is 2.17. The van der Waals surface area contributed by atoms with Gasteiger partial charge < -0.3 is 10.0 Å². The highest BCUT2D eigenvalue weighted by Gasteiger charge is 2.31. The molecule has 98 valence electrons. The van der Waals surface area contributed by atoms with Crippen molar-refractivity contribution in [2.45, 2.75) is 45.1 Å². The molecule has 1 saturated carbocycles. The Labute approximate surface area is 108 Å². The molecule has 18 heavy (non-hydrogen) atoms. The molecule has 0 radical (unpaired) electrons. The zero-order valence-electron chi connectivity index (χ0n) is 10.9. The van der Waals surface area contributed by atoms with Crippen LogP contribution in [0.3, 0.4) is 0 Å². The fourth-order valence-electron chi connectivity index (χ4n) is 2.17. The summed E-state index contributed by atoms with van der Waals surface area (Å²) in [7, 11) is 0. The van der Waals surface area contributed by atoms with Gasteiger partial charge in [-0.1, -0.05) is 25.5 Å². The van der Waals surface area contributed by atoms with Crippen molar-refractivity contribution in [3.05, 3.63) is 29.8 Å². The Balaban J connectivity index is 1.96. The van der Waals surface area contributed by atoms with Crippen molar-refractivity contribution in [3.63, 3.8) is 0 Å². The molecule has 0 saturated heterocycles. The van der Waals surface area contributed by atoms with Crippen LogP contribution in [0.1, 0.15) is 38.2 Å². The van der Waals surface area contributed by atoms with Crippen molar-refractivity contribution in [2.75, 3.05) is 6.54 Å². The highest BCUT2D eigenvalue weighted by molar-refractivity contribution is 5.79. The van der Waals surface area contributed by atoms with Crippen molar-refractivity contribution in [1.29, 1.82) is 0 Å². The second-order valence-corrected chi connectivity index (χ2v) is 5.02. The topological polar surface area (TPSA) is 40.5 Å². The standard InChI is InChI=1S/C15H21NO2/c1-2-3-9-16(13-7-8-13)15(18)11-12-5-4-6-14(17)10-12/h4-6,10,13,17H,2-3,7-9,11H2,1H3. The van der Waals surface area contributed by atoms with Gasteiger partial charge in [0.25, 0.3) is 0 Å². The van der Waals surface area contributed by atoms with Gasteiger partial charge in [-0.25, -0.2) is 0 Å². The van der Waals surface area contributed by atoms with Crippen LogP contribution in [0.4, 0.5) is 0 Å². The van der Waals surface area contributed by atoms with Crippen molar-refractivity contribution in [2.24, 2.45) is 0 Å². The molecule has 1 aromatic rings. The molecule has 0 atom stereocenters. The van der Waals surface area contributed by atoms with Gasteiger partial charge in [0, 0.05) is 12.6 Å². The van der Waals surface area contributed by atoms with E-state index in [2.05, 4.69) is 6.92 Å². The first-order chi connectivity index (χ1) is 8.70. The number of amides is 1. The quantitative estimate of drug-likeness (QED) is 0.839. The summed E-state index contributed by atoms with van der Waals surface area (Å²) < 4.78 is 0. The fraction of sp³-hybridized carbons (Fsp3) is 0.533. The summed E-state index contributed by atoms with van der Waals surface area (Å²) in [6.45, 7) is 3.02. The van der Waals surface area contributed by atoms with Gasteiger partial charge in [0.05, 0.1) is 6.42 Å². The van der Waals surface area contributed by atoms with Gasteiger partial charge in [-0.15, -0.1) is 0 Å². The predicted molar refractivity (Wildman–Crippen MR) is 71.5 cm³/mol. The lowest BCUT2D eigenvalue weighted by Gasteiger charge is -2.22. The molecular weight excluding hydrogens is 226 g/mol. The Morgan fingerprint density at radius 3 is 2.83 bits per heavy atom. The van der Waals surface area contributed by atoms with Gasteiger partial charge in [-0.05, 0) is 37.0 Å². The monoisotopic (exact) mass is 247 g/mol. The molecule has 1 aliphatic rings. The van der Waals surface area contributed by atoms with E-state index in [0.717, 1.165) is 37.8 Å². The third kappa shape index (κ3) is 3.49. The molecule has 0 spiro atoms. The largest absolute Gasteiger partial charge is 0.508 e. The van der Waals surface area contributed by atoms with Crippen LogP contribution < -0.4 is 0 Å². The van der Waals surface area contributed by atoms with Gasteiger partial charge in [0.2, 0.25) is 5.91 Å². The van der Waals surface area contributed by atoms with Crippen LogP contribution in [0.15, 0.2) is 24.3 Å². The molecule has 0 heterocycles. The van der Waals surface area contributed by atoms with Crippen LogP contribution in [0, 0.1) is 0 Å². The maximum absolute atomic E-state index is 12.3. The molecular formula is C15H21NO2. The number of hydrogen-bond donors (Lipinski definition) is 1. The number of phenolic OH excluding ortho intramolecular Hbond substituents is 1. The third-order valence-electron chi connectivity index (χ3n) is 3.33. The van der Waals surface area contributed by atoms with Crippen LogP contribution in [0.5, 0.6) is 5.75 Å². The molecule has 3 nitrogen and oxygen atoms in total. The average Bonchev–Trinajstić information content (AvgIpc) is 3.14. The number of aromatic hydroxyl groups is 1. The summed E-state index contributed by atoms with van der Waals surface area (Å²) in [5, 5.41) is 9.40. The molecule has 0 aliphatic heterocycles. The first-order valence-corrected chi connectivity index (χ1v) is 6.78. The lowest BCUT2D eigenvalue weighted by molar-refractivity contribution is -0.131. The van der Waals surface area contributed by atoms with Crippen molar-refractivity contribution < 1.29 is 9.90 Å². The number of hydrogen-bond acceptors (Lipinski definition) is 2. The van der Waals surface area contributed by atoms with Crippen LogP contribution in [-0.2, 0) is 11.2 Å². The summed E-state index contributed by atoms with van der Waals surface area (Å²) >= 11 is 0. The molecule has 3 heteroatoms. The normalized spacial score (nSPS) is 14.5. The van der Waals surface area contributed by atoms with E-state index in [1.54, 1.807) is 18.2 Å². The Hall–Kier alpha value is -1.51. The number of carbonyl (C=O) groups excluding carboxylic acids is 1. The number of rotatable bonds is 6. The van der Waals surface area contributed by atoms with Gasteiger partial charge >= 0.3 is 0 Å². The summed E-state index contributed by atoms with van der Waals surface area (Å²) in [5.41, 5.74) is 0.891. The van der Waals surface area contributed by atoms with E-state index in [-0.39, 0.29) is 11.7 Å². The minimum atomic E-state index is 0.191. The summed E-state index contributed by atoms with van der Waals surface area (Å²) in [6, 6.07) is 7.45. The summed E-state index contributed by atoms with van der Waals surface area (Å²) in [6.07, 6.45) is 4.88. The number of nitrogens with zero attached hydrogens (tertiary/aromatic N) is 1. The first-order valence-electron chi connectivity index (χ1n) is 6.78. The van der Waals surface area contributed by atoms with E-state index in [9.17, 15) is 9.90 Å². The van der Waals surface area contributed by atoms with Crippen molar-refractivity contribution >= 4 is 5.91 Å². The average molecular weight is 247 g/mol. The molecule has 0 unspecified atom stereocenters. The highest BCUT2D eigenvalue weighted by atomic mass is 16.3. The third-order valence-corrected chi connectivity index (χ3v) is 3.33. The summed E-state index contributed by atoms with van der Waals surface area (Å²) in [5.74, 6) is 0.420. The van der Waals surface area contributed by atoms with E-state index in [1.807, 2.05) is 11.0 Å². The molecule has 1 fully saturated rings. The summed E-state index contributed by atoms with van der Waals surface area (Å²) in [4.78, 5) is 14.3. The molecule has 1 N–H and O–H groups in total. The number of benzene rings is 1. The molecule has 1 aliphatic carbocycles. The molecule has 0 aromatic heterocycles. The van der Waals surface area contributed by atoms with Crippen LogP contribution in [-0.4, -0.2) is 28.5 Å². The molecule has 0 bridgehead atoms. The SMILES string of the molecule is CCCCN(C(=O)Cc1cccc(O)c1)C1CC1. The van der Waals surface area contributed by atoms with E-state index >= 15 is 0 Å². The first kappa shape index (κ1) is 12.9. The Kier molecular flexibility index (Phi) is 4.24. The molecule has 1 aromatic carbocycles. The van der Waals surface area contributed by atoms with E-state index < -0.39 is 0 Å². The number of unbranched alkanes of at least 4 members (excludes halogenated alkanes) is 1. The minimum absolute atomic E-state index is 0.191. The Morgan fingerprint density at radius 1 is 1.44 bits per heavy atom. The van der Waals surface area contributed by atoms with Gasteiger partial charge in [-0.2, -0.15) is 0 Å². The van der Waals surface area contributed by atoms with Gasteiger partial charge in [0.15, 0.2) is 0 Å². The van der Waals surface area contributed by atoms with Crippen molar-refractivity contribution in [1.82, 2.24) is 4.90 Å². The molecule has 1 amide bonds. The zero-order valence-corrected chi connectivity index (χ0v) is 10.9. The lowest BCUT2D eigenvalue weighted by atomic mass is 10.1. The Morgan fingerprint density at radius 2 is 2.22 bits per heavy atom. The van der Waals surface area contributed by atoms with Crippen LogP contribution >= 0.6 is 0 Å². The zero-order chi connectivity index (χ0) is 13.0. The molecule has 2 rings (SSSR count). The minimum Gasteiger partial charge on any atom is -0.508 e. The van der Waals surface area contributed by atoms with E-state index in [0.29, 0.717) is 12.5 Å². The maximum Gasteiger partial charge on any atom is 0.227 e. The van der Waals surface area contributed by atoms with Crippen LogP contribution in [0.25, 0.3) is 0 Å². The van der Waals surface area contributed by atoms with Gasteiger partial charge in [-0.3, -0.25) is 4.79 Å².